The molecule has 0 atom stereocenters. The lowest BCUT2D eigenvalue weighted by molar-refractivity contribution is -0.0663. The van der Waals surface area contributed by atoms with Crippen LogP contribution in [0.1, 0.15) is 13.8 Å². The van der Waals surface area contributed by atoms with Gasteiger partial charge in [0.25, 0.3) is 0 Å². The number of hydrogen-bond acceptors (Lipinski definition) is 6. The first-order valence-corrected chi connectivity index (χ1v) is 7.51. The number of ether oxygens (including phenoxy) is 6. The van der Waals surface area contributed by atoms with Crippen molar-refractivity contribution in [3.63, 3.8) is 0 Å². The Bertz CT molecular complexity index is 167. The van der Waals surface area contributed by atoms with E-state index in [-0.39, 0.29) is 0 Å². The minimum absolute atomic E-state index is 0.329. The van der Waals surface area contributed by atoms with Crippen molar-refractivity contribution in [2.45, 2.75) is 13.8 Å². The maximum atomic E-state index is 5.35. The van der Waals surface area contributed by atoms with E-state index in [1.165, 1.54) is 0 Å². The van der Waals surface area contributed by atoms with Gasteiger partial charge < -0.3 is 28.4 Å². The van der Waals surface area contributed by atoms with Crippen molar-refractivity contribution in [2.24, 2.45) is 0 Å². The fraction of sp³-hybridized carbons (Fsp3) is 1.00. The summed E-state index contributed by atoms with van der Waals surface area (Å²) in [6.45, 7) is 10.6. The van der Waals surface area contributed by atoms with E-state index in [1.807, 2.05) is 13.8 Å². The third kappa shape index (κ3) is 19.7. The van der Waals surface area contributed by atoms with Crippen LogP contribution >= 0.6 is 0 Å². The average molecular weight is 308 g/mol. The first-order chi connectivity index (χ1) is 10.4. The molecule has 21 heavy (non-hydrogen) atoms. The van der Waals surface area contributed by atoms with Crippen molar-refractivity contribution < 1.29 is 28.4 Å². The van der Waals surface area contributed by atoms with E-state index in [2.05, 4.69) is 5.32 Å². The van der Waals surface area contributed by atoms with E-state index in [4.69, 9.17) is 28.4 Å². The minimum atomic E-state index is 0.329. The van der Waals surface area contributed by atoms with Crippen molar-refractivity contribution in [2.75, 3.05) is 79.5 Å². The summed E-state index contributed by atoms with van der Waals surface area (Å²) in [5.41, 5.74) is 0. The highest BCUT2D eigenvalue weighted by Crippen LogP contribution is 1.82. The van der Waals surface area contributed by atoms with Crippen LogP contribution in [0, 0.1) is 0 Å². The largest absolute Gasteiger partial charge is 0.378 e. The average Bonchev–Trinajstić information content (AvgIpc) is 2.50. The highest BCUT2D eigenvalue weighted by Gasteiger charge is 1.93. The minimum Gasteiger partial charge on any atom is -0.378 e. The first-order valence-electron chi connectivity index (χ1n) is 7.51. The Morgan fingerprint density at radius 2 is 0.952 bits per heavy atom. The lowest BCUT2D eigenvalue weighted by Crippen LogP contribution is -2.19. The summed E-state index contributed by atoms with van der Waals surface area (Å²) in [6, 6.07) is 0. The maximum Gasteiger partial charge on any atom is 0.146 e. The van der Waals surface area contributed by atoms with Crippen molar-refractivity contribution in [1.82, 2.24) is 5.32 Å². The molecule has 0 bridgehead atoms. The van der Waals surface area contributed by atoms with Gasteiger partial charge in [0, 0.05) is 26.3 Å². The smallest absolute Gasteiger partial charge is 0.146 e. The van der Waals surface area contributed by atoms with Gasteiger partial charge in [-0.1, -0.05) is 0 Å². The van der Waals surface area contributed by atoms with E-state index < -0.39 is 0 Å². The number of hydrogen-bond donors (Lipinski definition) is 0. The third-order valence-electron chi connectivity index (χ3n) is 2.27. The molecule has 0 aromatic carbocycles. The molecule has 0 unspecified atom stereocenters. The molecule has 0 heterocycles. The molecule has 0 aliphatic carbocycles. The second kappa shape index (κ2) is 19.7. The quantitative estimate of drug-likeness (QED) is 0.273. The topological polar surface area (TPSA) is 69.5 Å². The Kier molecular flexibility index (Phi) is 19.5. The second-order valence-electron chi connectivity index (χ2n) is 3.93. The Labute approximate surface area is 128 Å². The van der Waals surface area contributed by atoms with Crippen LogP contribution in [-0.4, -0.2) is 79.5 Å². The van der Waals surface area contributed by atoms with Gasteiger partial charge in [0.2, 0.25) is 0 Å². The zero-order chi connectivity index (χ0) is 15.4. The van der Waals surface area contributed by atoms with Gasteiger partial charge in [-0.3, -0.25) is 0 Å². The normalized spacial score (nSPS) is 11.1. The summed E-state index contributed by atoms with van der Waals surface area (Å²) in [5.74, 6) is 0. The SMILES string of the molecule is CCOCOCCOCC[N]CCOCCOCOCC. The molecule has 0 aliphatic rings. The molecule has 1 radical (unpaired) electrons. The zero-order valence-electron chi connectivity index (χ0n) is 13.4. The van der Waals surface area contributed by atoms with Crippen molar-refractivity contribution >= 4 is 0 Å². The van der Waals surface area contributed by atoms with Gasteiger partial charge in [-0.25, -0.2) is 5.32 Å². The highest BCUT2D eigenvalue weighted by molar-refractivity contribution is 4.44. The summed E-state index contributed by atoms with van der Waals surface area (Å²) in [7, 11) is 0. The standard InChI is InChI=1S/C14H30NO6/c1-3-16-13-20-11-9-18-7-5-15-6-8-19-10-12-21-14-17-4-2/h3-14H2,1-2H3. The lowest BCUT2D eigenvalue weighted by Gasteiger charge is -2.07. The molecular formula is C14H30NO6. The molecule has 0 aliphatic heterocycles. The number of nitrogens with zero attached hydrogens (tertiary/aromatic N) is 1. The fourth-order valence-electron chi connectivity index (χ4n) is 1.21. The highest BCUT2D eigenvalue weighted by atomic mass is 16.7. The predicted molar refractivity (Wildman–Crippen MR) is 78.4 cm³/mol. The van der Waals surface area contributed by atoms with Crippen molar-refractivity contribution in [3.05, 3.63) is 0 Å². The van der Waals surface area contributed by atoms with Gasteiger partial charge >= 0.3 is 0 Å². The van der Waals surface area contributed by atoms with Crippen LogP contribution in [0.5, 0.6) is 0 Å². The molecule has 0 aromatic heterocycles. The molecule has 0 rings (SSSR count). The van der Waals surface area contributed by atoms with E-state index in [9.17, 15) is 0 Å². The van der Waals surface area contributed by atoms with E-state index in [0.717, 1.165) is 0 Å². The molecule has 0 saturated carbocycles. The molecule has 7 heteroatoms. The summed E-state index contributed by atoms with van der Waals surface area (Å²) in [6.07, 6.45) is 0. The van der Waals surface area contributed by atoms with Crippen LogP contribution in [0.2, 0.25) is 0 Å². The Balaban J connectivity index is 2.90. The predicted octanol–water partition coefficient (Wildman–Crippen LogP) is 0.645. The Morgan fingerprint density at radius 1 is 0.524 bits per heavy atom. The number of rotatable bonds is 18. The van der Waals surface area contributed by atoms with Crippen LogP contribution in [0.3, 0.4) is 0 Å². The first kappa shape index (κ1) is 20.7. The Morgan fingerprint density at radius 3 is 1.38 bits per heavy atom. The van der Waals surface area contributed by atoms with Gasteiger partial charge in [0.15, 0.2) is 0 Å². The molecule has 7 nitrogen and oxygen atoms in total. The van der Waals surface area contributed by atoms with Crippen molar-refractivity contribution in [3.8, 4) is 0 Å². The van der Waals surface area contributed by atoms with Gasteiger partial charge in [-0.2, -0.15) is 0 Å². The van der Waals surface area contributed by atoms with E-state index >= 15 is 0 Å². The van der Waals surface area contributed by atoms with Crippen LogP contribution in [-0.2, 0) is 28.4 Å². The molecule has 0 saturated heterocycles. The summed E-state index contributed by atoms with van der Waals surface area (Å²) >= 11 is 0. The zero-order valence-corrected chi connectivity index (χ0v) is 13.4. The van der Waals surface area contributed by atoms with Crippen LogP contribution < -0.4 is 5.32 Å². The summed E-state index contributed by atoms with van der Waals surface area (Å²) in [4.78, 5) is 0. The second-order valence-corrected chi connectivity index (χ2v) is 3.93. The van der Waals surface area contributed by atoms with Crippen molar-refractivity contribution in [1.29, 1.82) is 0 Å². The van der Waals surface area contributed by atoms with Gasteiger partial charge in [-0.15, -0.1) is 0 Å². The molecule has 127 valence electrons. The van der Waals surface area contributed by atoms with Gasteiger partial charge in [0.1, 0.15) is 13.6 Å². The molecule has 0 spiro atoms. The Hall–Kier alpha value is -0.280. The molecular weight excluding hydrogens is 278 g/mol. The summed E-state index contributed by atoms with van der Waals surface area (Å²) in [5, 5.41) is 4.28. The fourth-order valence-corrected chi connectivity index (χ4v) is 1.21. The van der Waals surface area contributed by atoms with E-state index in [0.29, 0.717) is 79.5 Å². The molecule has 0 aromatic rings. The van der Waals surface area contributed by atoms with Crippen LogP contribution in [0.25, 0.3) is 0 Å². The van der Waals surface area contributed by atoms with Gasteiger partial charge in [-0.05, 0) is 13.8 Å². The van der Waals surface area contributed by atoms with E-state index in [1.54, 1.807) is 0 Å². The third-order valence-corrected chi connectivity index (χ3v) is 2.27. The molecule has 0 N–H and O–H groups in total. The van der Waals surface area contributed by atoms with Crippen LogP contribution in [0.15, 0.2) is 0 Å². The monoisotopic (exact) mass is 308 g/mol. The lowest BCUT2D eigenvalue weighted by atomic mass is 10.6. The maximum absolute atomic E-state index is 5.35. The van der Waals surface area contributed by atoms with Crippen LogP contribution in [0.4, 0.5) is 0 Å². The van der Waals surface area contributed by atoms with Gasteiger partial charge in [0.05, 0.1) is 39.6 Å². The molecule has 0 fully saturated rings. The summed E-state index contributed by atoms with van der Waals surface area (Å²) < 4.78 is 31.1. The molecule has 0 amide bonds.